The molecule has 0 saturated heterocycles. The van der Waals surface area contributed by atoms with Gasteiger partial charge in [-0.1, -0.05) is 51.1 Å². The van der Waals surface area contributed by atoms with Crippen molar-refractivity contribution in [3.63, 3.8) is 0 Å². The number of halogens is 1. The summed E-state index contributed by atoms with van der Waals surface area (Å²) in [6, 6.07) is 10.8. The average Bonchev–Trinajstić information content (AvgIpc) is 2.76. The molecule has 2 aromatic rings. The minimum atomic E-state index is 0.205. The first-order valence-corrected chi connectivity index (χ1v) is 7.85. The fourth-order valence-electron chi connectivity index (χ4n) is 2.83. The highest BCUT2D eigenvalue weighted by molar-refractivity contribution is 9.10. The van der Waals surface area contributed by atoms with Crippen molar-refractivity contribution in [1.82, 2.24) is 9.78 Å². The second kappa shape index (κ2) is 4.92. The van der Waals surface area contributed by atoms with Gasteiger partial charge >= 0.3 is 0 Å². The van der Waals surface area contributed by atoms with Gasteiger partial charge in [-0.05, 0) is 27.8 Å². The van der Waals surface area contributed by atoms with Crippen molar-refractivity contribution in [2.24, 2.45) is 5.41 Å². The van der Waals surface area contributed by atoms with Crippen LogP contribution in [0, 0.1) is 5.41 Å². The first-order chi connectivity index (χ1) is 9.48. The molecule has 2 heterocycles. The second-order valence-corrected chi connectivity index (χ2v) is 7.21. The van der Waals surface area contributed by atoms with Crippen LogP contribution in [-0.4, -0.2) is 16.3 Å². The second-order valence-electron chi connectivity index (χ2n) is 6.42. The monoisotopic (exact) mass is 333 g/mol. The number of rotatable bonds is 1. The molecular formula is C16H20BrN3. The third-order valence-electron chi connectivity index (χ3n) is 3.90. The van der Waals surface area contributed by atoms with Crippen molar-refractivity contribution in [2.75, 3.05) is 11.9 Å². The summed E-state index contributed by atoms with van der Waals surface area (Å²) in [6.45, 7) is 7.85. The molecule has 0 saturated carbocycles. The molecule has 4 heteroatoms. The Hall–Kier alpha value is -1.29. The van der Waals surface area contributed by atoms with E-state index in [4.69, 9.17) is 5.10 Å². The first kappa shape index (κ1) is 13.7. The van der Waals surface area contributed by atoms with Gasteiger partial charge in [-0.3, -0.25) is 0 Å². The molecule has 1 aliphatic heterocycles. The molecule has 1 aromatic carbocycles. The minimum Gasteiger partial charge on any atom is -0.369 e. The van der Waals surface area contributed by atoms with Crippen molar-refractivity contribution >= 4 is 21.7 Å². The van der Waals surface area contributed by atoms with Gasteiger partial charge in [-0.2, -0.15) is 5.10 Å². The van der Waals surface area contributed by atoms with Crippen molar-refractivity contribution in [3.05, 3.63) is 34.8 Å². The zero-order valence-corrected chi connectivity index (χ0v) is 13.7. The number of aromatic nitrogens is 2. The van der Waals surface area contributed by atoms with Crippen molar-refractivity contribution in [1.29, 1.82) is 0 Å². The van der Waals surface area contributed by atoms with E-state index >= 15 is 0 Å². The van der Waals surface area contributed by atoms with Gasteiger partial charge in [0.15, 0.2) is 0 Å². The molecule has 0 aliphatic carbocycles. The summed E-state index contributed by atoms with van der Waals surface area (Å²) in [5.41, 5.74) is 2.37. The molecule has 0 fully saturated rings. The summed E-state index contributed by atoms with van der Waals surface area (Å²) in [5.74, 6) is 1.11. The summed E-state index contributed by atoms with van der Waals surface area (Å²) in [4.78, 5) is 0. The van der Waals surface area contributed by atoms with E-state index in [9.17, 15) is 0 Å². The Morgan fingerprint density at radius 1 is 1.25 bits per heavy atom. The highest BCUT2D eigenvalue weighted by Gasteiger charge is 2.33. The van der Waals surface area contributed by atoms with E-state index in [1.807, 2.05) is 6.07 Å². The Balaban J connectivity index is 2.12. The van der Waals surface area contributed by atoms with E-state index in [0.29, 0.717) is 6.04 Å². The molecule has 0 bridgehead atoms. The molecule has 1 N–H and O–H groups in total. The van der Waals surface area contributed by atoms with Crippen molar-refractivity contribution in [2.45, 2.75) is 33.2 Å². The lowest BCUT2D eigenvalue weighted by molar-refractivity contribution is 0.210. The summed E-state index contributed by atoms with van der Waals surface area (Å²) >= 11 is 3.72. The van der Waals surface area contributed by atoms with Gasteiger partial charge in [0.2, 0.25) is 0 Å². The maximum atomic E-state index is 4.88. The van der Waals surface area contributed by atoms with Crippen molar-refractivity contribution in [3.8, 4) is 11.3 Å². The predicted octanol–water partition coefficient (Wildman–Crippen LogP) is 4.72. The van der Waals surface area contributed by atoms with Crippen LogP contribution in [0.15, 0.2) is 34.8 Å². The zero-order valence-electron chi connectivity index (χ0n) is 12.2. The van der Waals surface area contributed by atoms with Gasteiger partial charge in [-0.25, -0.2) is 4.68 Å². The Morgan fingerprint density at radius 2 is 1.95 bits per heavy atom. The van der Waals surface area contributed by atoms with Gasteiger partial charge < -0.3 is 5.32 Å². The molecule has 3 rings (SSSR count). The first-order valence-electron chi connectivity index (χ1n) is 7.06. The fraction of sp³-hybridized carbons (Fsp3) is 0.438. The van der Waals surface area contributed by atoms with Gasteiger partial charge in [0.25, 0.3) is 0 Å². The van der Waals surface area contributed by atoms with Gasteiger partial charge in [-0.15, -0.1) is 0 Å². The quantitative estimate of drug-likeness (QED) is 0.818. The molecule has 1 unspecified atom stereocenters. The fourth-order valence-corrected chi connectivity index (χ4v) is 3.46. The van der Waals surface area contributed by atoms with Crippen LogP contribution >= 0.6 is 15.9 Å². The molecule has 20 heavy (non-hydrogen) atoms. The van der Waals surface area contributed by atoms with Crippen molar-refractivity contribution < 1.29 is 0 Å². The van der Waals surface area contributed by atoms with Crippen LogP contribution in [0.4, 0.5) is 5.82 Å². The topological polar surface area (TPSA) is 29.9 Å². The number of nitrogens with zero attached hydrogens (tertiary/aromatic N) is 2. The third-order valence-corrected chi connectivity index (χ3v) is 4.66. The van der Waals surface area contributed by atoms with E-state index in [0.717, 1.165) is 34.5 Å². The van der Waals surface area contributed by atoms with Gasteiger partial charge in [0, 0.05) is 12.1 Å². The highest BCUT2D eigenvalue weighted by atomic mass is 79.9. The molecular weight excluding hydrogens is 314 g/mol. The van der Waals surface area contributed by atoms with Crippen LogP contribution in [0.5, 0.6) is 0 Å². The predicted molar refractivity (Wildman–Crippen MR) is 87.0 cm³/mol. The van der Waals surface area contributed by atoms with E-state index in [1.165, 1.54) is 0 Å². The number of benzene rings is 1. The molecule has 1 atom stereocenters. The van der Waals surface area contributed by atoms with E-state index < -0.39 is 0 Å². The summed E-state index contributed by atoms with van der Waals surface area (Å²) < 4.78 is 3.23. The molecule has 3 nitrogen and oxygen atoms in total. The van der Waals surface area contributed by atoms with Crippen LogP contribution in [0.3, 0.4) is 0 Å². The number of anilines is 1. The Labute approximate surface area is 128 Å². The molecule has 1 aromatic heterocycles. The Bertz CT molecular complexity index is 611. The van der Waals surface area contributed by atoms with E-state index in [1.54, 1.807) is 0 Å². The maximum absolute atomic E-state index is 4.88. The van der Waals surface area contributed by atoms with Crippen LogP contribution in [0.1, 0.15) is 33.2 Å². The highest BCUT2D eigenvalue weighted by Crippen LogP contribution is 2.43. The maximum Gasteiger partial charge on any atom is 0.139 e. The zero-order chi connectivity index (χ0) is 14.3. The molecule has 0 spiro atoms. The number of nitrogens with one attached hydrogen (secondary N) is 1. The van der Waals surface area contributed by atoms with Crippen LogP contribution in [0.2, 0.25) is 0 Å². The van der Waals surface area contributed by atoms with Crippen LogP contribution < -0.4 is 5.32 Å². The number of hydrogen-bond acceptors (Lipinski definition) is 2. The molecule has 0 radical (unpaired) electrons. The summed E-state index contributed by atoms with van der Waals surface area (Å²) in [5, 5.41) is 8.35. The third kappa shape index (κ3) is 2.26. The lowest BCUT2D eigenvalue weighted by Gasteiger charge is -2.35. The van der Waals surface area contributed by atoms with E-state index in [-0.39, 0.29) is 5.41 Å². The summed E-state index contributed by atoms with van der Waals surface area (Å²) in [6.07, 6.45) is 1.11. The molecule has 106 valence electrons. The lowest BCUT2D eigenvalue weighted by Crippen LogP contribution is -2.32. The molecule has 1 aliphatic rings. The summed E-state index contributed by atoms with van der Waals surface area (Å²) in [7, 11) is 0. The Kier molecular flexibility index (Phi) is 3.36. The Morgan fingerprint density at radius 3 is 2.60 bits per heavy atom. The minimum absolute atomic E-state index is 0.205. The van der Waals surface area contributed by atoms with Crippen LogP contribution in [-0.2, 0) is 0 Å². The number of fused-ring (bicyclic) bond motifs is 1. The lowest BCUT2D eigenvalue weighted by atomic mass is 9.84. The number of hydrogen-bond donors (Lipinski definition) is 1. The van der Waals surface area contributed by atoms with Gasteiger partial charge in [0.1, 0.15) is 11.5 Å². The largest absolute Gasteiger partial charge is 0.369 e. The molecule has 0 amide bonds. The average molecular weight is 334 g/mol. The van der Waals surface area contributed by atoms with Gasteiger partial charge in [0.05, 0.1) is 10.5 Å². The smallest absolute Gasteiger partial charge is 0.139 e. The van der Waals surface area contributed by atoms with E-state index in [2.05, 4.69) is 71.0 Å². The SMILES string of the molecule is CC(C)(C)C1CCNc2c(Br)c(-c3ccccc3)nn21. The van der Waals surface area contributed by atoms with Crippen LogP contribution in [0.25, 0.3) is 11.3 Å². The normalized spacial score (nSPS) is 18.5. The standard InChI is InChI=1S/C16H20BrN3/c1-16(2,3)12-9-10-18-15-13(17)14(19-20(12)15)11-7-5-4-6-8-11/h4-8,12,18H,9-10H2,1-3H3.